The second-order valence-corrected chi connectivity index (χ2v) is 38.4. The summed E-state index contributed by atoms with van der Waals surface area (Å²) < 4.78 is 0. The largest absolute Gasteiger partial charge is 0.295 e. The zero-order valence-electron chi connectivity index (χ0n) is 65.3. The van der Waals surface area contributed by atoms with E-state index in [1.165, 1.54) is 258 Å². The maximum Gasteiger partial charge on any atom is 0.0723 e. The van der Waals surface area contributed by atoms with E-state index in [1.807, 2.05) is 29.3 Å². The SMILES string of the molecule is CC(C)(C)N1CCCC1C#Cc1ccccc1.CC(C)(C)N1CCCC1C1=C(C2CC2)CCCC1.CC(C)(C)N1CCCC1C1CC1.CC(C)(C)N1CCCC1C1CCCC1.CC(C)(C)N1CCCC1C1CCCCC1.CCC1CCCCC1C1CCCN1C(C)(C)C. The van der Waals surface area contributed by atoms with E-state index < -0.39 is 0 Å². The minimum absolute atomic E-state index is 0.229. The van der Waals surface area contributed by atoms with Gasteiger partial charge in [0.15, 0.2) is 0 Å². The lowest BCUT2D eigenvalue weighted by molar-refractivity contribution is 0.0463. The third kappa shape index (κ3) is 22.6. The molecular weight excluding hydrogens is 1130 g/mol. The standard InChI is InChI=1S/C17H29N.C16H21N.C16H31N.C14H27N.C13H25N.C11H21N/c1-17(2,3)18-12-6-9-16(18)15-8-5-4-7-14(15)13-10-11-13;1-16(2,3)17-13-7-10-15(17)12-11-14-8-5-4-6-9-14;1-5-13-9-6-7-10-14(13)15-11-8-12-17(15)16(2,3)4;1-14(2,3)15-11-7-10-13(15)12-8-5-4-6-9-12;1-13(2,3)14-10-6-9-12(14)11-7-4-5-8-11;1-11(2,3)12-8-4-5-10(12)9-6-7-9/h13,16H,4-12H2,1-3H3;4-6,8-9,15H,7,10,13H2,1-3H3;13-15H,5-12H2,1-4H3;12-13H,4-11H2,1-3H3;11-12H,4-10H2,1-3H3;9-10H,4-8H2,1-3H3. The van der Waals surface area contributed by atoms with Gasteiger partial charge in [-0.15, -0.1) is 0 Å². The molecule has 6 heteroatoms. The number of allylic oxidation sites excluding steroid dienone is 1. The van der Waals surface area contributed by atoms with Crippen LogP contribution in [0.2, 0.25) is 0 Å². The number of hydrogen-bond acceptors (Lipinski definition) is 6. The van der Waals surface area contributed by atoms with Crippen LogP contribution >= 0.6 is 0 Å². The molecule has 11 fully saturated rings. The van der Waals surface area contributed by atoms with Crippen LogP contribution in [0.25, 0.3) is 0 Å². The summed E-state index contributed by atoms with van der Waals surface area (Å²) in [4.78, 5) is 16.4. The first-order chi connectivity index (χ1) is 43.9. The molecule has 0 amide bonds. The summed E-state index contributed by atoms with van der Waals surface area (Å²) in [7, 11) is 0. The molecule has 12 aliphatic rings. The quantitative estimate of drug-likeness (QED) is 0.199. The van der Waals surface area contributed by atoms with Crippen molar-refractivity contribution in [3.05, 3.63) is 47.0 Å². The van der Waals surface area contributed by atoms with E-state index in [4.69, 9.17) is 0 Å². The Labute approximate surface area is 579 Å². The van der Waals surface area contributed by atoms with Crippen LogP contribution in [0.5, 0.6) is 0 Å². The normalized spacial score (nSPS) is 30.5. The highest BCUT2D eigenvalue weighted by Crippen LogP contribution is 2.48. The van der Waals surface area contributed by atoms with Gasteiger partial charge in [-0.2, -0.15) is 0 Å². The van der Waals surface area contributed by atoms with E-state index in [1.54, 1.807) is 0 Å². The fraction of sp³-hybridized carbons (Fsp3) is 0.885. The summed E-state index contributed by atoms with van der Waals surface area (Å²) in [5.41, 5.74) is 7.04. The van der Waals surface area contributed by atoms with E-state index in [9.17, 15) is 0 Å². The molecule has 93 heavy (non-hydrogen) atoms. The van der Waals surface area contributed by atoms with Crippen LogP contribution in [0, 0.1) is 47.3 Å². The highest BCUT2D eigenvalue weighted by atomic mass is 15.3. The third-order valence-corrected chi connectivity index (χ3v) is 25.3. The van der Waals surface area contributed by atoms with Gasteiger partial charge in [0.05, 0.1) is 6.04 Å². The molecule has 8 unspecified atom stereocenters. The highest BCUT2D eigenvalue weighted by Gasteiger charge is 2.45. The lowest BCUT2D eigenvalue weighted by Crippen LogP contribution is -2.49. The first kappa shape index (κ1) is 77.0. The van der Waals surface area contributed by atoms with Gasteiger partial charge in [0.25, 0.3) is 0 Å². The average Bonchev–Trinajstić information content (AvgIpc) is 1.71. The molecule has 6 nitrogen and oxygen atoms in total. The first-order valence-corrected chi connectivity index (χ1v) is 40.8. The second-order valence-electron chi connectivity index (χ2n) is 38.4. The molecule has 6 aliphatic heterocycles. The van der Waals surface area contributed by atoms with Crippen molar-refractivity contribution in [3.8, 4) is 11.8 Å². The molecule has 6 saturated heterocycles. The molecule has 1 aromatic rings. The average molecular weight is 1280 g/mol. The molecule has 532 valence electrons. The molecule has 1 aromatic carbocycles. The Kier molecular flexibility index (Phi) is 28.6. The third-order valence-electron chi connectivity index (χ3n) is 25.3. The number of likely N-dealkylation sites (tertiary alicyclic amines) is 6. The molecule has 13 rings (SSSR count). The van der Waals surface area contributed by atoms with Crippen molar-refractivity contribution in [2.24, 2.45) is 35.5 Å². The van der Waals surface area contributed by atoms with Crippen LogP contribution in [0.1, 0.15) is 355 Å². The molecule has 0 bridgehead atoms. The summed E-state index contributed by atoms with van der Waals surface area (Å²) in [5.74, 6) is 12.8. The summed E-state index contributed by atoms with van der Waals surface area (Å²) in [6.07, 6.45) is 49.3. The molecule has 0 N–H and O–H groups in total. The summed E-state index contributed by atoms with van der Waals surface area (Å²) in [5, 5.41) is 0. The molecular formula is C87H154N6. The molecule has 0 radical (unpaired) electrons. The molecule has 0 spiro atoms. The Morgan fingerprint density at radius 3 is 1.16 bits per heavy atom. The van der Waals surface area contributed by atoms with Crippen molar-refractivity contribution in [2.75, 3.05) is 39.3 Å². The van der Waals surface area contributed by atoms with Crippen LogP contribution in [-0.4, -0.2) is 138 Å². The van der Waals surface area contributed by atoms with Crippen LogP contribution < -0.4 is 0 Å². The minimum Gasteiger partial charge on any atom is -0.295 e. The number of hydrogen-bond donors (Lipinski definition) is 0. The lowest BCUT2D eigenvalue weighted by atomic mass is 9.73. The summed E-state index contributed by atoms with van der Waals surface area (Å²) >= 11 is 0. The van der Waals surface area contributed by atoms with E-state index in [0.29, 0.717) is 33.7 Å². The number of nitrogens with zero attached hydrogens (tertiary/aromatic N) is 6. The molecule has 5 saturated carbocycles. The smallest absolute Gasteiger partial charge is 0.0723 e. The van der Waals surface area contributed by atoms with Gasteiger partial charge in [0.1, 0.15) is 0 Å². The van der Waals surface area contributed by atoms with Crippen LogP contribution in [0.4, 0.5) is 0 Å². The second kappa shape index (κ2) is 34.6. The zero-order valence-corrected chi connectivity index (χ0v) is 65.3. The van der Waals surface area contributed by atoms with Crippen LogP contribution in [-0.2, 0) is 0 Å². The van der Waals surface area contributed by atoms with Crippen molar-refractivity contribution in [1.82, 2.24) is 29.4 Å². The van der Waals surface area contributed by atoms with Crippen molar-refractivity contribution in [3.63, 3.8) is 0 Å². The van der Waals surface area contributed by atoms with Gasteiger partial charge in [-0.1, -0.05) is 106 Å². The van der Waals surface area contributed by atoms with Gasteiger partial charge < -0.3 is 0 Å². The Morgan fingerprint density at radius 1 is 0.333 bits per heavy atom. The maximum absolute atomic E-state index is 3.43. The van der Waals surface area contributed by atoms with Gasteiger partial charge in [-0.05, 0) is 372 Å². The lowest BCUT2D eigenvalue weighted by Gasteiger charge is -2.44. The predicted molar refractivity (Wildman–Crippen MR) is 405 cm³/mol. The zero-order chi connectivity index (χ0) is 67.4. The summed E-state index contributed by atoms with van der Waals surface area (Å²) in [6, 6.07) is 15.1. The fourth-order valence-electron chi connectivity index (χ4n) is 20.6. The fourth-order valence-corrected chi connectivity index (χ4v) is 20.6. The van der Waals surface area contributed by atoms with Crippen LogP contribution in [0.3, 0.4) is 0 Å². The first-order valence-electron chi connectivity index (χ1n) is 40.8. The number of rotatable bonds is 7. The maximum atomic E-state index is 3.43. The van der Waals surface area contributed by atoms with Crippen molar-refractivity contribution >= 4 is 0 Å². The summed E-state index contributed by atoms with van der Waals surface area (Å²) in [6.45, 7) is 52.8. The van der Waals surface area contributed by atoms with E-state index >= 15 is 0 Å². The highest BCUT2D eigenvalue weighted by molar-refractivity contribution is 5.35. The van der Waals surface area contributed by atoms with Crippen molar-refractivity contribution in [1.29, 1.82) is 0 Å². The van der Waals surface area contributed by atoms with Gasteiger partial charge in [0.2, 0.25) is 0 Å². The molecule has 0 aromatic heterocycles. The van der Waals surface area contributed by atoms with E-state index in [-0.39, 0.29) is 5.54 Å². The van der Waals surface area contributed by atoms with Crippen LogP contribution in [0.15, 0.2) is 41.5 Å². The van der Waals surface area contributed by atoms with Gasteiger partial charge in [0, 0.05) is 69.0 Å². The topological polar surface area (TPSA) is 19.4 Å². The van der Waals surface area contributed by atoms with Gasteiger partial charge in [-0.3, -0.25) is 29.4 Å². The van der Waals surface area contributed by atoms with Gasteiger partial charge >= 0.3 is 0 Å². The Bertz CT molecular complexity index is 2400. The Hall–Kier alpha value is -1.72. The Balaban J connectivity index is 0.000000144. The molecule has 8 atom stereocenters. The van der Waals surface area contributed by atoms with E-state index in [0.717, 1.165) is 71.3 Å². The van der Waals surface area contributed by atoms with Gasteiger partial charge in [-0.25, -0.2) is 0 Å². The Morgan fingerprint density at radius 2 is 0.710 bits per heavy atom. The minimum atomic E-state index is 0.229. The van der Waals surface area contributed by atoms with Crippen molar-refractivity contribution in [2.45, 2.75) is 419 Å². The van der Waals surface area contributed by atoms with Crippen molar-refractivity contribution < 1.29 is 0 Å². The predicted octanol–water partition coefficient (Wildman–Crippen LogP) is 22.2. The van der Waals surface area contributed by atoms with E-state index in [2.05, 4.69) is 185 Å². The molecule has 6 heterocycles. The monoisotopic (exact) mass is 1280 g/mol. The molecule has 6 aliphatic carbocycles. The number of benzene rings is 1.